The minimum absolute atomic E-state index is 0.295. The fourth-order valence-electron chi connectivity index (χ4n) is 0.881. The summed E-state index contributed by atoms with van der Waals surface area (Å²) in [5.74, 6) is 0. The first kappa shape index (κ1) is 10.9. The lowest BCUT2D eigenvalue weighted by Gasteiger charge is -2.02. The van der Waals surface area contributed by atoms with Crippen molar-refractivity contribution in [3.63, 3.8) is 0 Å². The molecule has 3 N–H and O–H groups in total. The van der Waals surface area contributed by atoms with E-state index in [0.29, 0.717) is 6.61 Å². The van der Waals surface area contributed by atoms with Gasteiger partial charge >= 0.3 is 0 Å². The minimum Gasteiger partial charge on any atom is -0.396 e. The Morgan fingerprint density at radius 1 is 1.00 bits per heavy atom. The first-order valence-corrected chi connectivity index (χ1v) is 4.38. The van der Waals surface area contributed by atoms with Crippen molar-refractivity contribution in [2.45, 2.75) is 19.3 Å². The van der Waals surface area contributed by atoms with Crippen molar-refractivity contribution in [3.05, 3.63) is 0 Å². The van der Waals surface area contributed by atoms with E-state index in [9.17, 15) is 0 Å². The number of aliphatic hydroxyl groups is 1. The number of aliphatic hydroxyl groups excluding tert-OH is 1. The van der Waals surface area contributed by atoms with E-state index in [2.05, 4.69) is 10.6 Å². The van der Waals surface area contributed by atoms with Crippen LogP contribution in [-0.2, 0) is 0 Å². The van der Waals surface area contributed by atoms with E-state index in [4.69, 9.17) is 5.11 Å². The molecule has 0 aromatic heterocycles. The average molecular weight is 160 g/mol. The number of hydrogen-bond acceptors (Lipinski definition) is 3. The third-order valence-electron chi connectivity index (χ3n) is 1.54. The maximum absolute atomic E-state index is 8.46. The van der Waals surface area contributed by atoms with Gasteiger partial charge in [-0.25, -0.2) is 0 Å². The Labute approximate surface area is 69.2 Å². The maximum Gasteiger partial charge on any atom is 0.0443 e. The molecule has 0 heterocycles. The molecule has 3 nitrogen and oxygen atoms in total. The normalized spacial score (nSPS) is 10.4. The maximum atomic E-state index is 8.46. The molecule has 0 aliphatic carbocycles. The Morgan fingerprint density at radius 3 is 2.27 bits per heavy atom. The summed E-state index contributed by atoms with van der Waals surface area (Å²) < 4.78 is 0. The minimum atomic E-state index is 0.295. The average Bonchev–Trinajstić information content (AvgIpc) is 2.03. The molecule has 0 aliphatic rings. The summed E-state index contributed by atoms with van der Waals surface area (Å²) in [6.07, 6.45) is 3.31. The third kappa shape index (κ3) is 9.88. The second kappa shape index (κ2) is 9.88. The molecule has 0 bridgehead atoms. The molecule has 0 atom stereocenters. The molecule has 0 amide bonds. The van der Waals surface area contributed by atoms with Crippen LogP contribution in [0.4, 0.5) is 0 Å². The summed E-state index contributed by atoms with van der Waals surface area (Å²) in [7, 11) is 1.97. The smallest absolute Gasteiger partial charge is 0.0443 e. The van der Waals surface area contributed by atoms with Crippen LogP contribution in [0.25, 0.3) is 0 Å². The van der Waals surface area contributed by atoms with Gasteiger partial charge in [0, 0.05) is 6.61 Å². The lowest BCUT2D eigenvalue weighted by atomic mass is 10.3. The van der Waals surface area contributed by atoms with Gasteiger partial charge in [0.2, 0.25) is 0 Å². The van der Waals surface area contributed by atoms with Gasteiger partial charge in [0.05, 0.1) is 0 Å². The molecule has 68 valence electrons. The van der Waals surface area contributed by atoms with Gasteiger partial charge in [-0.15, -0.1) is 0 Å². The van der Waals surface area contributed by atoms with E-state index in [1.807, 2.05) is 7.05 Å². The van der Waals surface area contributed by atoms with Crippen molar-refractivity contribution in [3.8, 4) is 0 Å². The Morgan fingerprint density at radius 2 is 1.64 bits per heavy atom. The van der Waals surface area contributed by atoms with Gasteiger partial charge < -0.3 is 15.7 Å². The number of rotatable bonds is 8. The van der Waals surface area contributed by atoms with Crippen molar-refractivity contribution < 1.29 is 5.11 Å². The first-order valence-electron chi connectivity index (χ1n) is 4.38. The number of unbranched alkanes of at least 4 members (excludes halogenated alkanes) is 1. The van der Waals surface area contributed by atoms with E-state index in [1.54, 1.807) is 0 Å². The third-order valence-corrected chi connectivity index (χ3v) is 1.54. The second-order valence-electron chi connectivity index (χ2n) is 2.64. The zero-order chi connectivity index (χ0) is 8.36. The monoisotopic (exact) mass is 160 g/mol. The summed E-state index contributed by atoms with van der Waals surface area (Å²) in [5, 5.41) is 14.8. The number of nitrogens with one attached hydrogen (secondary N) is 2. The van der Waals surface area contributed by atoms with Gasteiger partial charge in [-0.2, -0.15) is 0 Å². The van der Waals surface area contributed by atoms with E-state index in [-0.39, 0.29) is 0 Å². The van der Waals surface area contributed by atoms with Gasteiger partial charge in [0.1, 0.15) is 0 Å². The van der Waals surface area contributed by atoms with Gasteiger partial charge in [0.15, 0.2) is 0 Å². The SMILES string of the molecule is CNCCCCNCCCO. The van der Waals surface area contributed by atoms with E-state index < -0.39 is 0 Å². The quantitative estimate of drug-likeness (QED) is 0.436. The first-order chi connectivity index (χ1) is 5.41. The van der Waals surface area contributed by atoms with Gasteiger partial charge in [-0.1, -0.05) is 0 Å². The zero-order valence-electron chi connectivity index (χ0n) is 7.40. The summed E-state index contributed by atoms with van der Waals surface area (Å²) in [5.41, 5.74) is 0. The molecule has 0 rings (SSSR count). The molecule has 0 spiro atoms. The fraction of sp³-hybridized carbons (Fsp3) is 1.00. The summed E-state index contributed by atoms with van der Waals surface area (Å²) >= 11 is 0. The molecular formula is C8H20N2O. The van der Waals surface area contributed by atoms with Crippen molar-refractivity contribution >= 4 is 0 Å². The predicted molar refractivity (Wildman–Crippen MR) is 47.7 cm³/mol. The van der Waals surface area contributed by atoms with Crippen LogP contribution in [0.2, 0.25) is 0 Å². The molecule has 0 aromatic carbocycles. The molecule has 3 heteroatoms. The molecule has 0 fully saturated rings. The van der Waals surface area contributed by atoms with Crippen LogP contribution in [-0.4, -0.2) is 38.4 Å². The Bertz CT molecular complexity index is 61.1. The van der Waals surface area contributed by atoms with Crippen LogP contribution in [0.15, 0.2) is 0 Å². The molecule has 11 heavy (non-hydrogen) atoms. The van der Waals surface area contributed by atoms with Crippen LogP contribution >= 0.6 is 0 Å². The molecule has 0 radical (unpaired) electrons. The predicted octanol–water partition coefficient (Wildman–Crippen LogP) is -0.0420. The zero-order valence-corrected chi connectivity index (χ0v) is 7.40. The Hall–Kier alpha value is -0.120. The van der Waals surface area contributed by atoms with Crippen molar-refractivity contribution in [1.29, 1.82) is 0 Å². The van der Waals surface area contributed by atoms with Crippen LogP contribution in [0.1, 0.15) is 19.3 Å². The van der Waals surface area contributed by atoms with Gasteiger partial charge in [-0.3, -0.25) is 0 Å². The van der Waals surface area contributed by atoms with Crippen molar-refractivity contribution in [2.24, 2.45) is 0 Å². The summed E-state index contributed by atoms with van der Waals surface area (Å²) in [6.45, 7) is 3.41. The van der Waals surface area contributed by atoms with Gasteiger partial charge in [0.25, 0.3) is 0 Å². The molecule has 0 unspecified atom stereocenters. The van der Waals surface area contributed by atoms with Crippen molar-refractivity contribution in [1.82, 2.24) is 10.6 Å². The topological polar surface area (TPSA) is 44.3 Å². The van der Waals surface area contributed by atoms with Crippen molar-refractivity contribution in [2.75, 3.05) is 33.3 Å². The highest BCUT2D eigenvalue weighted by Gasteiger charge is 1.87. The molecule has 0 aliphatic heterocycles. The van der Waals surface area contributed by atoms with E-state index in [0.717, 1.165) is 26.1 Å². The molecule has 0 saturated heterocycles. The van der Waals surface area contributed by atoms with Crippen LogP contribution < -0.4 is 10.6 Å². The Balaban J connectivity index is 2.69. The second-order valence-corrected chi connectivity index (χ2v) is 2.64. The number of hydrogen-bond donors (Lipinski definition) is 3. The largest absolute Gasteiger partial charge is 0.396 e. The van der Waals surface area contributed by atoms with E-state index in [1.165, 1.54) is 12.8 Å². The summed E-state index contributed by atoms with van der Waals surface area (Å²) in [6, 6.07) is 0. The molecule has 0 aromatic rings. The standard InChI is InChI=1S/C8H20N2O/c1-9-5-2-3-6-10-7-4-8-11/h9-11H,2-8H2,1H3. The molecular weight excluding hydrogens is 140 g/mol. The van der Waals surface area contributed by atoms with Crippen LogP contribution in [0.5, 0.6) is 0 Å². The molecule has 0 saturated carbocycles. The Kier molecular flexibility index (Phi) is 9.77. The highest BCUT2D eigenvalue weighted by atomic mass is 16.3. The lowest BCUT2D eigenvalue weighted by Crippen LogP contribution is -2.18. The van der Waals surface area contributed by atoms with E-state index >= 15 is 0 Å². The van der Waals surface area contributed by atoms with Crippen LogP contribution in [0, 0.1) is 0 Å². The fourth-order valence-corrected chi connectivity index (χ4v) is 0.881. The lowest BCUT2D eigenvalue weighted by molar-refractivity contribution is 0.286. The van der Waals surface area contributed by atoms with Crippen LogP contribution in [0.3, 0.4) is 0 Å². The highest BCUT2D eigenvalue weighted by molar-refractivity contribution is 4.49. The van der Waals surface area contributed by atoms with Gasteiger partial charge in [-0.05, 0) is 45.9 Å². The highest BCUT2D eigenvalue weighted by Crippen LogP contribution is 1.83. The summed E-state index contributed by atoms with van der Waals surface area (Å²) in [4.78, 5) is 0.